The van der Waals surface area contributed by atoms with Crippen LogP contribution in [0.2, 0.25) is 0 Å². The highest BCUT2D eigenvalue weighted by Crippen LogP contribution is 2.15. The van der Waals surface area contributed by atoms with Crippen LogP contribution in [0.5, 0.6) is 5.75 Å². The largest absolute Gasteiger partial charge is 0.497 e. The van der Waals surface area contributed by atoms with E-state index in [1.54, 1.807) is 48.3 Å². The molecule has 20 heavy (non-hydrogen) atoms. The molecule has 1 aromatic carbocycles. The van der Waals surface area contributed by atoms with Crippen molar-refractivity contribution in [1.82, 2.24) is 9.78 Å². The van der Waals surface area contributed by atoms with Gasteiger partial charge in [-0.2, -0.15) is 5.10 Å². The fourth-order valence-electron chi connectivity index (χ4n) is 1.88. The highest BCUT2D eigenvalue weighted by molar-refractivity contribution is 6.04. The number of hydrogen-bond acceptors (Lipinski definition) is 3. The Morgan fingerprint density at radius 3 is 2.90 bits per heavy atom. The van der Waals surface area contributed by atoms with Crippen molar-refractivity contribution in [3.8, 4) is 5.75 Å². The van der Waals surface area contributed by atoms with Gasteiger partial charge in [0.25, 0.3) is 5.91 Å². The molecule has 0 aliphatic heterocycles. The SMILES string of the molecule is COc1cccc(C(=O)Nc2ccnn2CC(C)C)c1. The first-order chi connectivity index (χ1) is 9.60. The summed E-state index contributed by atoms with van der Waals surface area (Å²) in [5, 5.41) is 7.08. The summed E-state index contributed by atoms with van der Waals surface area (Å²) in [6.07, 6.45) is 1.68. The standard InChI is InChI=1S/C15H19N3O2/c1-11(2)10-18-14(7-8-16-18)17-15(19)12-5-4-6-13(9-12)20-3/h4-9,11H,10H2,1-3H3,(H,17,19). The van der Waals surface area contributed by atoms with Crippen LogP contribution in [0.1, 0.15) is 24.2 Å². The first-order valence-corrected chi connectivity index (χ1v) is 6.57. The second kappa shape index (κ2) is 6.23. The minimum absolute atomic E-state index is 0.172. The first-order valence-electron chi connectivity index (χ1n) is 6.57. The highest BCUT2D eigenvalue weighted by atomic mass is 16.5. The Balaban J connectivity index is 2.13. The Hall–Kier alpha value is -2.30. The molecule has 0 saturated carbocycles. The normalized spacial score (nSPS) is 10.6. The number of nitrogens with one attached hydrogen (secondary N) is 1. The van der Waals surface area contributed by atoms with Crippen LogP contribution in [-0.2, 0) is 6.54 Å². The van der Waals surface area contributed by atoms with Crippen LogP contribution in [0.25, 0.3) is 0 Å². The molecule has 1 N–H and O–H groups in total. The highest BCUT2D eigenvalue weighted by Gasteiger charge is 2.11. The third kappa shape index (κ3) is 3.38. The summed E-state index contributed by atoms with van der Waals surface area (Å²) in [4.78, 5) is 12.2. The quantitative estimate of drug-likeness (QED) is 0.911. The number of amides is 1. The molecule has 0 radical (unpaired) electrons. The van der Waals surface area contributed by atoms with E-state index in [1.165, 1.54) is 0 Å². The predicted octanol–water partition coefficient (Wildman–Crippen LogP) is 2.80. The van der Waals surface area contributed by atoms with Gasteiger partial charge in [0.05, 0.1) is 13.3 Å². The third-order valence-corrected chi connectivity index (χ3v) is 2.83. The zero-order valence-corrected chi connectivity index (χ0v) is 12.0. The molecule has 0 fully saturated rings. The van der Waals surface area contributed by atoms with Crippen molar-refractivity contribution in [3.05, 3.63) is 42.1 Å². The molecule has 0 atom stereocenters. The number of anilines is 1. The van der Waals surface area contributed by atoms with Crippen molar-refractivity contribution in [1.29, 1.82) is 0 Å². The first kappa shape index (κ1) is 14.1. The van der Waals surface area contributed by atoms with E-state index < -0.39 is 0 Å². The smallest absolute Gasteiger partial charge is 0.256 e. The zero-order valence-electron chi connectivity index (χ0n) is 12.0. The monoisotopic (exact) mass is 273 g/mol. The molecule has 0 spiro atoms. The average Bonchev–Trinajstić information content (AvgIpc) is 2.85. The van der Waals surface area contributed by atoms with Crippen molar-refractivity contribution in [2.24, 2.45) is 5.92 Å². The summed E-state index contributed by atoms with van der Waals surface area (Å²) >= 11 is 0. The number of carbonyl (C=O) groups excluding carboxylic acids is 1. The molecule has 5 nitrogen and oxygen atoms in total. The maximum atomic E-state index is 12.2. The van der Waals surface area contributed by atoms with Gasteiger partial charge >= 0.3 is 0 Å². The van der Waals surface area contributed by atoms with Crippen LogP contribution in [-0.4, -0.2) is 22.8 Å². The summed E-state index contributed by atoms with van der Waals surface area (Å²) in [5.74, 6) is 1.65. The number of carbonyl (C=O) groups is 1. The zero-order chi connectivity index (χ0) is 14.5. The van der Waals surface area contributed by atoms with Gasteiger partial charge in [0.1, 0.15) is 11.6 Å². The van der Waals surface area contributed by atoms with Gasteiger partial charge in [0, 0.05) is 18.2 Å². The van der Waals surface area contributed by atoms with E-state index in [4.69, 9.17) is 4.74 Å². The van der Waals surface area contributed by atoms with Crippen LogP contribution in [0.15, 0.2) is 36.5 Å². The summed E-state index contributed by atoms with van der Waals surface area (Å²) in [7, 11) is 1.58. The minimum atomic E-state index is -0.172. The molecular formula is C15H19N3O2. The van der Waals surface area contributed by atoms with E-state index in [9.17, 15) is 4.79 Å². The van der Waals surface area contributed by atoms with Crippen LogP contribution in [0.4, 0.5) is 5.82 Å². The van der Waals surface area contributed by atoms with Crippen molar-refractivity contribution < 1.29 is 9.53 Å². The molecule has 0 bridgehead atoms. The number of hydrogen-bond donors (Lipinski definition) is 1. The summed E-state index contributed by atoms with van der Waals surface area (Å²) < 4.78 is 6.91. The Morgan fingerprint density at radius 2 is 2.20 bits per heavy atom. The number of benzene rings is 1. The number of aromatic nitrogens is 2. The van der Waals surface area contributed by atoms with E-state index in [0.717, 1.165) is 6.54 Å². The van der Waals surface area contributed by atoms with Crippen molar-refractivity contribution in [2.75, 3.05) is 12.4 Å². The van der Waals surface area contributed by atoms with Crippen molar-refractivity contribution in [2.45, 2.75) is 20.4 Å². The van der Waals surface area contributed by atoms with Gasteiger partial charge < -0.3 is 10.1 Å². The maximum absolute atomic E-state index is 12.2. The molecule has 5 heteroatoms. The third-order valence-electron chi connectivity index (χ3n) is 2.83. The van der Waals surface area contributed by atoms with Crippen LogP contribution in [0.3, 0.4) is 0 Å². The van der Waals surface area contributed by atoms with E-state index in [2.05, 4.69) is 24.3 Å². The molecule has 1 amide bonds. The van der Waals surface area contributed by atoms with Gasteiger partial charge in [-0.25, -0.2) is 4.68 Å². The maximum Gasteiger partial charge on any atom is 0.256 e. The predicted molar refractivity (Wildman–Crippen MR) is 78.0 cm³/mol. The summed E-state index contributed by atoms with van der Waals surface area (Å²) in [6, 6.07) is 8.85. The van der Waals surface area contributed by atoms with E-state index in [1.807, 2.05) is 0 Å². The Kier molecular flexibility index (Phi) is 4.40. The number of ether oxygens (including phenoxy) is 1. The molecule has 1 heterocycles. The molecule has 0 unspecified atom stereocenters. The Morgan fingerprint density at radius 1 is 1.40 bits per heavy atom. The van der Waals surface area contributed by atoms with E-state index in [0.29, 0.717) is 23.0 Å². The molecule has 1 aromatic heterocycles. The second-order valence-corrected chi connectivity index (χ2v) is 4.98. The summed E-state index contributed by atoms with van der Waals surface area (Å²) in [5.41, 5.74) is 0.557. The van der Waals surface area contributed by atoms with Crippen LogP contribution >= 0.6 is 0 Å². The fourth-order valence-corrected chi connectivity index (χ4v) is 1.88. The lowest BCUT2D eigenvalue weighted by Crippen LogP contribution is -2.17. The Labute approximate surface area is 118 Å². The average molecular weight is 273 g/mol. The van der Waals surface area contributed by atoms with Crippen molar-refractivity contribution in [3.63, 3.8) is 0 Å². The minimum Gasteiger partial charge on any atom is -0.497 e. The molecule has 2 aromatic rings. The number of nitrogens with zero attached hydrogens (tertiary/aromatic N) is 2. The lowest BCUT2D eigenvalue weighted by molar-refractivity contribution is 0.102. The lowest BCUT2D eigenvalue weighted by Gasteiger charge is -2.11. The summed E-state index contributed by atoms with van der Waals surface area (Å²) in [6.45, 7) is 4.98. The molecule has 106 valence electrons. The van der Waals surface area contributed by atoms with E-state index >= 15 is 0 Å². The molecule has 0 aliphatic carbocycles. The number of methoxy groups -OCH3 is 1. The van der Waals surface area contributed by atoms with Crippen LogP contribution in [0, 0.1) is 5.92 Å². The van der Waals surface area contributed by atoms with Crippen molar-refractivity contribution >= 4 is 11.7 Å². The molecule has 0 saturated heterocycles. The van der Waals surface area contributed by atoms with E-state index in [-0.39, 0.29) is 5.91 Å². The molecular weight excluding hydrogens is 254 g/mol. The Bertz CT molecular complexity index is 590. The van der Waals surface area contributed by atoms with Gasteiger partial charge in [-0.05, 0) is 24.1 Å². The topological polar surface area (TPSA) is 56.1 Å². The van der Waals surface area contributed by atoms with Gasteiger partial charge in [0.2, 0.25) is 0 Å². The second-order valence-electron chi connectivity index (χ2n) is 4.98. The lowest BCUT2D eigenvalue weighted by atomic mass is 10.2. The number of rotatable bonds is 5. The van der Waals surface area contributed by atoms with Crippen LogP contribution < -0.4 is 10.1 Å². The molecule has 0 aliphatic rings. The van der Waals surface area contributed by atoms with Gasteiger partial charge in [0.15, 0.2) is 0 Å². The molecule has 2 rings (SSSR count). The van der Waals surface area contributed by atoms with Gasteiger partial charge in [-0.3, -0.25) is 4.79 Å². The van der Waals surface area contributed by atoms with Gasteiger partial charge in [-0.1, -0.05) is 19.9 Å². The fraction of sp³-hybridized carbons (Fsp3) is 0.333. The van der Waals surface area contributed by atoms with Gasteiger partial charge in [-0.15, -0.1) is 0 Å².